The summed E-state index contributed by atoms with van der Waals surface area (Å²) >= 11 is 0. The van der Waals surface area contributed by atoms with E-state index >= 15 is 0 Å². The molecule has 0 radical (unpaired) electrons. The van der Waals surface area contributed by atoms with Crippen LogP contribution in [-0.2, 0) is 0 Å². The zero-order valence-electron chi connectivity index (χ0n) is 9.33. The van der Waals surface area contributed by atoms with Gasteiger partial charge in [0.25, 0.3) is 5.91 Å². The van der Waals surface area contributed by atoms with Gasteiger partial charge in [-0.2, -0.15) is 0 Å². The molecule has 1 aliphatic rings. The minimum absolute atomic E-state index is 0.153. The van der Waals surface area contributed by atoms with Crippen LogP contribution < -0.4 is 5.32 Å². The van der Waals surface area contributed by atoms with E-state index in [1.54, 1.807) is 18.2 Å². The predicted octanol–water partition coefficient (Wildman–Crippen LogP) is 2.39. The maximum atomic E-state index is 12.9. The van der Waals surface area contributed by atoms with Gasteiger partial charge in [-0.25, -0.2) is 8.78 Å². The molecule has 1 amide bonds. The van der Waals surface area contributed by atoms with E-state index in [9.17, 15) is 13.6 Å². The zero-order chi connectivity index (χ0) is 12.3. The van der Waals surface area contributed by atoms with E-state index < -0.39 is 5.92 Å². The SMILES string of the molecule is O=C(NC1CCC(F)(F)CC1)c1ccccn1. The lowest BCUT2D eigenvalue weighted by Gasteiger charge is -2.28. The Bertz CT molecular complexity index is 385. The number of hydrogen-bond acceptors (Lipinski definition) is 2. The van der Waals surface area contributed by atoms with Crippen molar-refractivity contribution in [2.75, 3.05) is 0 Å². The first-order valence-corrected chi connectivity index (χ1v) is 5.66. The van der Waals surface area contributed by atoms with Crippen molar-refractivity contribution >= 4 is 5.91 Å². The molecule has 0 bridgehead atoms. The van der Waals surface area contributed by atoms with E-state index in [1.165, 1.54) is 6.20 Å². The highest BCUT2D eigenvalue weighted by Crippen LogP contribution is 2.32. The van der Waals surface area contributed by atoms with E-state index in [0.29, 0.717) is 18.5 Å². The van der Waals surface area contributed by atoms with Gasteiger partial charge in [-0.1, -0.05) is 6.07 Å². The molecule has 0 aliphatic heterocycles. The molecule has 1 N–H and O–H groups in total. The van der Waals surface area contributed by atoms with Crippen LogP contribution in [0.4, 0.5) is 8.78 Å². The number of amides is 1. The van der Waals surface area contributed by atoms with Crippen LogP contribution in [0.5, 0.6) is 0 Å². The average molecular weight is 240 g/mol. The Balaban J connectivity index is 1.89. The minimum Gasteiger partial charge on any atom is -0.348 e. The Morgan fingerprint density at radius 3 is 2.65 bits per heavy atom. The summed E-state index contributed by atoms with van der Waals surface area (Å²) in [7, 11) is 0. The van der Waals surface area contributed by atoms with Gasteiger partial charge < -0.3 is 5.32 Å². The molecule has 17 heavy (non-hydrogen) atoms. The number of pyridine rings is 1. The Hall–Kier alpha value is -1.52. The summed E-state index contributed by atoms with van der Waals surface area (Å²) in [6.07, 6.45) is 1.88. The molecular formula is C12H14F2N2O. The van der Waals surface area contributed by atoms with Crippen LogP contribution in [0.25, 0.3) is 0 Å². The lowest BCUT2D eigenvalue weighted by Crippen LogP contribution is -2.40. The number of alkyl halides is 2. The highest BCUT2D eigenvalue weighted by Gasteiger charge is 2.35. The molecule has 92 valence electrons. The maximum Gasteiger partial charge on any atom is 0.270 e. The summed E-state index contributed by atoms with van der Waals surface area (Å²) in [6, 6.07) is 4.88. The van der Waals surface area contributed by atoms with Gasteiger partial charge >= 0.3 is 0 Å². The van der Waals surface area contributed by atoms with Gasteiger partial charge in [0.1, 0.15) is 5.69 Å². The number of carbonyl (C=O) groups excluding carboxylic acids is 1. The van der Waals surface area contributed by atoms with E-state index in [2.05, 4.69) is 10.3 Å². The summed E-state index contributed by atoms with van der Waals surface area (Å²) < 4.78 is 25.8. The van der Waals surface area contributed by atoms with Crippen LogP contribution in [0.2, 0.25) is 0 Å². The fourth-order valence-electron chi connectivity index (χ4n) is 1.94. The number of halogens is 2. The fraction of sp³-hybridized carbons (Fsp3) is 0.500. The molecule has 1 aromatic rings. The molecule has 2 rings (SSSR count). The van der Waals surface area contributed by atoms with Crippen molar-refractivity contribution in [3.05, 3.63) is 30.1 Å². The van der Waals surface area contributed by atoms with Crippen LogP contribution in [0.3, 0.4) is 0 Å². The Kier molecular flexibility index (Phi) is 3.36. The molecule has 1 saturated carbocycles. The van der Waals surface area contributed by atoms with E-state index in [0.717, 1.165) is 0 Å². The third kappa shape index (κ3) is 3.22. The van der Waals surface area contributed by atoms with Crippen molar-refractivity contribution in [3.8, 4) is 0 Å². The molecule has 5 heteroatoms. The van der Waals surface area contributed by atoms with Crippen LogP contribution in [0.15, 0.2) is 24.4 Å². The monoisotopic (exact) mass is 240 g/mol. The highest BCUT2D eigenvalue weighted by molar-refractivity contribution is 5.92. The molecule has 0 spiro atoms. The van der Waals surface area contributed by atoms with Crippen molar-refractivity contribution in [1.82, 2.24) is 10.3 Å². The predicted molar refractivity (Wildman–Crippen MR) is 58.9 cm³/mol. The Morgan fingerprint density at radius 1 is 1.35 bits per heavy atom. The quantitative estimate of drug-likeness (QED) is 0.862. The number of carbonyl (C=O) groups is 1. The number of rotatable bonds is 2. The molecule has 1 heterocycles. The van der Waals surface area contributed by atoms with Gasteiger partial charge in [-0.15, -0.1) is 0 Å². The van der Waals surface area contributed by atoms with Gasteiger partial charge in [0.05, 0.1) is 0 Å². The summed E-state index contributed by atoms with van der Waals surface area (Å²) in [4.78, 5) is 15.6. The van der Waals surface area contributed by atoms with E-state index in [1.807, 2.05) is 0 Å². The van der Waals surface area contributed by atoms with Gasteiger partial charge in [0.2, 0.25) is 5.92 Å². The van der Waals surface area contributed by atoms with Crippen molar-refractivity contribution in [1.29, 1.82) is 0 Å². The Morgan fingerprint density at radius 2 is 2.06 bits per heavy atom. The average Bonchev–Trinajstić information content (AvgIpc) is 2.33. The van der Waals surface area contributed by atoms with Crippen molar-refractivity contribution < 1.29 is 13.6 Å². The van der Waals surface area contributed by atoms with Crippen LogP contribution in [0.1, 0.15) is 36.2 Å². The van der Waals surface area contributed by atoms with E-state index in [4.69, 9.17) is 0 Å². The topological polar surface area (TPSA) is 42.0 Å². The van der Waals surface area contributed by atoms with Crippen molar-refractivity contribution in [2.24, 2.45) is 0 Å². The second kappa shape index (κ2) is 4.77. The number of aromatic nitrogens is 1. The summed E-state index contributed by atoms with van der Waals surface area (Å²) in [5, 5.41) is 2.74. The lowest BCUT2D eigenvalue weighted by molar-refractivity contribution is -0.0399. The Labute approximate surface area is 98.2 Å². The van der Waals surface area contributed by atoms with Crippen molar-refractivity contribution in [3.63, 3.8) is 0 Å². The second-order valence-electron chi connectivity index (χ2n) is 4.32. The first-order chi connectivity index (χ1) is 8.07. The number of hydrogen-bond donors (Lipinski definition) is 1. The number of nitrogens with zero attached hydrogens (tertiary/aromatic N) is 1. The van der Waals surface area contributed by atoms with Gasteiger partial charge in [0.15, 0.2) is 0 Å². The molecule has 0 saturated heterocycles. The van der Waals surface area contributed by atoms with Gasteiger partial charge in [0, 0.05) is 25.1 Å². The first-order valence-electron chi connectivity index (χ1n) is 5.66. The van der Waals surface area contributed by atoms with Crippen molar-refractivity contribution in [2.45, 2.75) is 37.6 Å². The second-order valence-corrected chi connectivity index (χ2v) is 4.32. The lowest BCUT2D eigenvalue weighted by atomic mass is 9.92. The molecule has 0 unspecified atom stereocenters. The van der Waals surface area contributed by atoms with Crippen LogP contribution in [0, 0.1) is 0 Å². The molecule has 1 aliphatic carbocycles. The maximum absolute atomic E-state index is 12.9. The smallest absolute Gasteiger partial charge is 0.270 e. The summed E-state index contributed by atoms with van der Waals surface area (Å²) in [5.74, 6) is -2.85. The van der Waals surface area contributed by atoms with Crippen LogP contribution in [-0.4, -0.2) is 22.9 Å². The fourth-order valence-corrected chi connectivity index (χ4v) is 1.94. The largest absolute Gasteiger partial charge is 0.348 e. The first kappa shape index (κ1) is 12.0. The normalized spacial score (nSPS) is 19.9. The molecule has 0 atom stereocenters. The van der Waals surface area contributed by atoms with Gasteiger partial charge in [-0.3, -0.25) is 9.78 Å². The third-order valence-electron chi connectivity index (χ3n) is 2.95. The molecule has 3 nitrogen and oxygen atoms in total. The van der Waals surface area contributed by atoms with Gasteiger partial charge in [-0.05, 0) is 25.0 Å². The highest BCUT2D eigenvalue weighted by atomic mass is 19.3. The number of nitrogens with one attached hydrogen (secondary N) is 1. The van der Waals surface area contributed by atoms with E-state index in [-0.39, 0.29) is 24.8 Å². The molecule has 1 aromatic heterocycles. The third-order valence-corrected chi connectivity index (χ3v) is 2.95. The molecule has 0 aromatic carbocycles. The zero-order valence-corrected chi connectivity index (χ0v) is 9.33. The summed E-state index contributed by atoms with van der Waals surface area (Å²) in [5.41, 5.74) is 0.324. The molecule has 1 fully saturated rings. The van der Waals surface area contributed by atoms with Crippen LogP contribution >= 0.6 is 0 Å². The minimum atomic E-state index is -2.56. The summed E-state index contributed by atoms with van der Waals surface area (Å²) in [6.45, 7) is 0. The molecular weight excluding hydrogens is 226 g/mol. The standard InChI is InChI=1S/C12H14F2N2O/c13-12(14)6-4-9(5-7-12)16-11(17)10-3-1-2-8-15-10/h1-3,8-9H,4-7H2,(H,16,17).